The maximum Gasteiger partial charge on any atom is 0.0558 e. The van der Waals surface area contributed by atoms with Gasteiger partial charge in [0.25, 0.3) is 0 Å². The number of hydrogen-bond donors (Lipinski definition) is 1. The highest BCUT2D eigenvalue weighted by molar-refractivity contribution is 6.30. The van der Waals surface area contributed by atoms with Crippen LogP contribution in [-0.2, 0) is 13.0 Å². The molecule has 106 valence electrons. The van der Waals surface area contributed by atoms with Crippen molar-refractivity contribution in [2.45, 2.75) is 13.0 Å². The Morgan fingerprint density at radius 3 is 2.20 bits per heavy atom. The van der Waals surface area contributed by atoms with Crippen LogP contribution in [0.1, 0.15) is 11.1 Å². The van der Waals surface area contributed by atoms with Crippen molar-refractivity contribution in [2.75, 3.05) is 19.7 Å². The first-order valence-electron chi connectivity index (χ1n) is 6.89. The molecule has 0 saturated carbocycles. The quantitative estimate of drug-likeness (QED) is 0.845. The minimum Gasteiger partial charge on any atom is -0.395 e. The van der Waals surface area contributed by atoms with Crippen LogP contribution in [0.5, 0.6) is 0 Å². The molecule has 0 unspecified atom stereocenters. The molecule has 0 saturated heterocycles. The number of aliphatic hydroxyl groups is 1. The first kappa shape index (κ1) is 15.0. The summed E-state index contributed by atoms with van der Waals surface area (Å²) in [4.78, 5) is 2.27. The van der Waals surface area contributed by atoms with Crippen LogP contribution in [0.25, 0.3) is 0 Å². The first-order chi connectivity index (χ1) is 9.78. The Morgan fingerprint density at radius 1 is 0.850 bits per heavy atom. The van der Waals surface area contributed by atoms with E-state index in [-0.39, 0.29) is 6.61 Å². The molecule has 20 heavy (non-hydrogen) atoms. The number of benzene rings is 2. The molecule has 0 atom stereocenters. The van der Waals surface area contributed by atoms with Crippen LogP contribution in [0, 0.1) is 0 Å². The molecule has 0 fully saturated rings. The zero-order chi connectivity index (χ0) is 14.2. The normalized spacial score (nSPS) is 10.9. The average Bonchev–Trinajstić information content (AvgIpc) is 2.48. The summed E-state index contributed by atoms with van der Waals surface area (Å²) in [6, 6.07) is 18.3. The molecule has 1 N–H and O–H groups in total. The zero-order valence-electron chi connectivity index (χ0n) is 11.5. The second kappa shape index (κ2) is 8.05. The lowest BCUT2D eigenvalue weighted by atomic mass is 10.1. The lowest BCUT2D eigenvalue weighted by Gasteiger charge is -2.21. The van der Waals surface area contributed by atoms with Crippen LogP contribution in [0.2, 0.25) is 5.02 Å². The van der Waals surface area contributed by atoms with Crippen LogP contribution in [-0.4, -0.2) is 29.7 Å². The Balaban J connectivity index is 1.90. The van der Waals surface area contributed by atoms with Crippen molar-refractivity contribution in [2.24, 2.45) is 0 Å². The zero-order valence-corrected chi connectivity index (χ0v) is 12.3. The third-order valence-corrected chi connectivity index (χ3v) is 3.55. The fourth-order valence-corrected chi connectivity index (χ4v) is 2.32. The smallest absolute Gasteiger partial charge is 0.0558 e. The highest BCUT2D eigenvalue weighted by atomic mass is 35.5. The Bertz CT molecular complexity index is 498. The highest BCUT2D eigenvalue weighted by Gasteiger charge is 2.05. The van der Waals surface area contributed by atoms with Crippen LogP contribution < -0.4 is 0 Å². The van der Waals surface area contributed by atoms with E-state index in [1.165, 1.54) is 11.1 Å². The number of halogens is 1. The predicted octanol–water partition coefficient (Wildman–Crippen LogP) is 3.38. The van der Waals surface area contributed by atoms with E-state index in [9.17, 15) is 5.11 Å². The molecule has 0 radical (unpaired) electrons. The van der Waals surface area contributed by atoms with Gasteiger partial charge in [-0.3, -0.25) is 4.90 Å². The number of aliphatic hydroxyl groups excluding tert-OH is 1. The van der Waals surface area contributed by atoms with E-state index in [0.717, 1.165) is 24.5 Å². The molecule has 0 aliphatic carbocycles. The largest absolute Gasteiger partial charge is 0.395 e. The third-order valence-electron chi connectivity index (χ3n) is 3.30. The van der Waals surface area contributed by atoms with Gasteiger partial charge >= 0.3 is 0 Å². The Hall–Kier alpha value is -1.35. The molecule has 2 nitrogen and oxygen atoms in total. The average molecular weight is 290 g/mol. The molecule has 0 spiro atoms. The molecule has 0 aliphatic heterocycles. The van der Waals surface area contributed by atoms with Crippen molar-refractivity contribution in [1.29, 1.82) is 0 Å². The van der Waals surface area contributed by atoms with Crippen LogP contribution >= 0.6 is 11.6 Å². The SMILES string of the molecule is OCCN(CCc1ccc(Cl)cc1)Cc1ccccc1. The van der Waals surface area contributed by atoms with Crippen LogP contribution in [0.4, 0.5) is 0 Å². The van der Waals surface area contributed by atoms with Crippen molar-refractivity contribution in [1.82, 2.24) is 4.90 Å². The van der Waals surface area contributed by atoms with E-state index >= 15 is 0 Å². The molecule has 2 aromatic carbocycles. The molecule has 0 heterocycles. The maximum absolute atomic E-state index is 9.19. The maximum atomic E-state index is 9.19. The van der Waals surface area contributed by atoms with Gasteiger partial charge in [-0.2, -0.15) is 0 Å². The summed E-state index contributed by atoms with van der Waals surface area (Å²) in [6.07, 6.45) is 0.962. The van der Waals surface area contributed by atoms with E-state index in [1.54, 1.807) is 0 Å². The summed E-state index contributed by atoms with van der Waals surface area (Å²) in [6.45, 7) is 2.68. The summed E-state index contributed by atoms with van der Waals surface area (Å²) >= 11 is 5.89. The van der Waals surface area contributed by atoms with Gasteiger partial charge in [-0.05, 0) is 29.7 Å². The van der Waals surface area contributed by atoms with Gasteiger partial charge in [0, 0.05) is 24.7 Å². The van der Waals surface area contributed by atoms with Gasteiger partial charge in [0.05, 0.1) is 6.61 Å². The topological polar surface area (TPSA) is 23.5 Å². The summed E-state index contributed by atoms with van der Waals surface area (Å²) in [5, 5.41) is 9.96. The minimum absolute atomic E-state index is 0.188. The van der Waals surface area contributed by atoms with Gasteiger partial charge in [-0.15, -0.1) is 0 Å². The van der Waals surface area contributed by atoms with Crippen LogP contribution in [0.15, 0.2) is 54.6 Å². The van der Waals surface area contributed by atoms with Crippen LogP contribution in [0.3, 0.4) is 0 Å². The molecule has 0 aromatic heterocycles. The molecule has 0 amide bonds. The predicted molar refractivity (Wildman–Crippen MR) is 84.0 cm³/mol. The van der Waals surface area contributed by atoms with Gasteiger partial charge in [-0.1, -0.05) is 54.1 Å². The summed E-state index contributed by atoms with van der Waals surface area (Å²) in [5.41, 5.74) is 2.54. The summed E-state index contributed by atoms with van der Waals surface area (Å²) in [5.74, 6) is 0. The molecule has 3 heteroatoms. The number of hydrogen-bond acceptors (Lipinski definition) is 2. The van der Waals surface area contributed by atoms with Crippen molar-refractivity contribution in [3.63, 3.8) is 0 Å². The Kier molecular flexibility index (Phi) is 6.06. The second-order valence-corrected chi connectivity index (χ2v) is 5.30. The lowest BCUT2D eigenvalue weighted by Crippen LogP contribution is -2.28. The van der Waals surface area contributed by atoms with Crippen molar-refractivity contribution >= 4 is 11.6 Å². The lowest BCUT2D eigenvalue weighted by molar-refractivity contribution is 0.191. The Labute approximate surface area is 125 Å². The minimum atomic E-state index is 0.188. The monoisotopic (exact) mass is 289 g/mol. The van der Waals surface area contributed by atoms with E-state index in [0.29, 0.717) is 6.54 Å². The summed E-state index contributed by atoms with van der Waals surface area (Å²) < 4.78 is 0. The molecule has 2 rings (SSSR count). The fraction of sp³-hybridized carbons (Fsp3) is 0.294. The van der Waals surface area contributed by atoms with Crippen molar-refractivity contribution in [3.8, 4) is 0 Å². The van der Waals surface area contributed by atoms with Crippen molar-refractivity contribution in [3.05, 3.63) is 70.7 Å². The van der Waals surface area contributed by atoms with E-state index < -0.39 is 0 Å². The Morgan fingerprint density at radius 2 is 1.55 bits per heavy atom. The third kappa shape index (κ3) is 4.97. The number of nitrogens with zero attached hydrogens (tertiary/aromatic N) is 1. The number of rotatable bonds is 7. The highest BCUT2D eigenvalue weighted by Crippen LogP contribution is 2.11. The molecular formula is C17H20ClNO. The molecule has 0 aliphatic rings. The van der Waals surface area contributed by atoms with Gasteiger partial charge in [0.15, 0.2) is 0 Å². The first-order valence-corrected chi connectivity index (χ1v) is 7.27. The van der Waals surface area contributed by atoms with E-state index in [1.807, 2.05) is 30.3 Å². The molecular weight excluding hydrogens is 270 g/mol. The molecule has 0 bridgehead atoms. The molecule has 2 aromatic rings. The van der Waals surface area contributed by atoms with Gasteiger partial charge in [0.1, 0.15) is 0 Å². The standard InChI is InChI=1S/C17H20ClNO/c18-17-8-6-15(7-9-17)10-11-19(12-13-20)14-16-4-2-1-3-5-16/h1-9,20H,10-14H2. The van der Waals surface area contributed by atoms with Gasteiger partial charge in [0.2, 0.25) is 0 Å². The summed E-state index contributed by atoms with van der Waals surface area (Å²) in [7, 11) is 0. The second-order valence-electron chi connectivity index (χ2n) is 4.86. The fourth-order valence-electron chi connectivity index (χ4n) is 2.19. The van der Waals surface area contributed by atoms with E-state index in [2.05, 4.69) is 29.2 Å². The van der Waals surface area contributed by atoms with Gasteiger partial charge in [-0.25, -0.2) is 0 Å². The van der Waals surface area contributed by atoms with Crippen molar-refractivity contribution < 1.29 is 5.11 Å². The van der Waals surface area contributed by atoms with Gasteiger partial charge < -0.3 is 5.11 Å². The van der Waals surface area contributed by atoms with E-state index in [4.69, 9.17) is 11.6 Å².